The van der Waals surface area contributed by atoms with Crippen LogP contribution in [0.3, 0.4) is 0 Å². The summed E-state index contributed by atoms with van der Waals surface area (Å²) in [6.07, 6.45) is 0. The van der Waals surface area contributed by atoms with E-state index in [-0.39, 0.29) is 12.5 Å². The van der Waals surface area contributed by atoms with Crippen molar-refractivity contribution < 1.29 is 4.79 Å². The van der Waals surface area contributed by atoms with E-state index < -0.39 is 0 Å². The molecule has 0 bridgehead atoms. The standard InChI is InChI=1S/C8H14N4OS/c1-4-12(3)7(13)5-9-8-11-10-6(2)14-8/h4-5H2,1-3H3,(H,9,11). The van der Waals surface area contributed by atoms with E-state index in [2.05, 4.69) is 15.5 Å². The summed E-state index contributed by atoms with van der Waals surface area (Å²) in [5.74, 6) is 0.0559. The van der Waals surface area contributed by atoms with E-state index >= 15 is 0 Å². The van der Waals surface area contributed by atoms with Gasteiger partial charge in [-0.05, 0) is 13.8 Å². The first-order valence-corrected chi connectivity index (χ1v) is 5.23. The number of nitrogens with zero attached hydrogens (tertiary/aromatic N) is 3. The molecule has 0 unspecified atom stereocenters. The van der Waals surface area contributed by atoms with Gasteiger partial charge < -0.3 is 10.2 Å². The van der Waals surface area contributed by atoms with Gasteiger partial charge in [0.05, 0.1) is 6.54 Å². The molecule has 1 N–H and O–H groups in total. The van der Waals surface area contributed by atoms with E-state index in [0.29, 0.717) is 5.13 Å². The first-order chi connectivity index (χ1) is 6.63. The van der Waals surface area contributed by atoms with Crippen molar-refractivity contribution in [2.45, 2.75) is 13.8 Å². The van der Waals surface area contributed by atoms with Crippen molar-refractivity contribution in [3.63, 3.8) is 0 Å². The maximum atomic E-state index is 11.4. The lowest BCUT2D eigenvalue weighted by molar-refractivity contribution is -0.127. The molecule has 14 heavy (non-hydrogen) atoms. The van der Waals surface area contributed by atoms with Gasteiger partial charge in [-0.15, -0.1) is 10.2 Å². The third-order valence-corrected chi connectivity index (χ3v) is 2.61. The summed E-state index contributed by atoms with van der Waals surface area (Å²) in [4.78, 5) is 13.0. The Morgan fingerprint density at radius 1 is 1.57 bits per heavy atom. The number of nitrogens with one attached hydrogen (secondary N) is 1. The monoisotopic (exact) mass is 214 g/mol. The molecule has 0 atom stereocenters. The van der Waals surface area contributed by atoms with Crippen molar-refractivity contribution in [3.8, 4) is 0 Å². The van der Waals surface area contributed by atoms with Gasteiger partial charge in [-0.1, -0.05) is 11.3 Å². The number of rotatable bonds is 4. The molecule has 1 amide bonds. The maximum Gasteiger partial charge on any atom is 0.241 e. The van der Waals surface area contributed by atoms with Crippen LogP contribution in [0.15, 0.2) is 0 Å². The normalized spacial score (nSPS) is 9.93. The van der Waals surface area contributed by atoms with Crippen molar-refractivity contribution in [2.75, 3.05) is 25.5 Å². The van der Waals surface area contributed by atoms with Gasteiger partial charge in [0.15, 0.2) is 0 Å². The topological polar surface area (TPSA) is 58.1 Å². The number of amides is 1. The minimum Gasteiger partial charge on any atom is -0.351 e. The lowest BCUT2D eigenvalue weighted by atomic mass is 10.5. The Bertz CT molecular complexity index is 312. The Labute approximate surface area is 87.1 Å². The lowest BCUT2D eigenvalue weighted by Crippen LogP contribution is -2.31. The fourth-order valence-corrected chi connectivity index (χ4v) is 1.42. The van der Waals surface area contributed by atoms with E-state index in [1.54, 1.807) is 11.9 Å². The third-order valence-electron chi connectivity index (χ3n) is 1.82. The molecule has 78 valence electrons. The summed E-state index contributed by atoms with van der Waals surface area (Å²) in [6, 6.07) is 0. The minimum absolute atomic E-state index is 0.0559. The predicted octanol–water partition coefficient (Wildman–Crippen LogP) is 0.737. The molecule has 1 heterocycles. The molecule has 1 aromatic rings. The molecule has 0 aliphatic rings. The number of carbonyl (C=O) groups is 1. The van der Waals surface area contributed by atoms with E-state index in [0.717, 1.165) is 11.6 Å². The van der Waals surface area contributed by atoms with Crippen LogP contribution in [0.25, 0.3) is 0 Å². The Morgan fingerprint density at radius 3 is 2.79 bits per heavy atom. The molecule has 0 radical (unpaired) electrons. The maximum absolute atomic E-state index is 11.4. The van der Waals surface area contributed by atoms with Crippen molar-refractivity contribution in [2.24, 2.45) is 0 Å². The quantitative estimate of drug-likeness (QED) is 0.803. The van der Waals surface area contributed by atoms with E-state index in [9.17, 15) is 4.79 Å². The molecule has 5 nitrogen and oxygen atoms in total. The zero-order chi connectivity index (χ0) is 10.6. The first kappa shape index (κ1) is 10.9. The third kappa shape index (κ3) is 2.95. The molecule has 0 saturated heterocycles. The Hall–Kier alpha value is -1.17. The summed E-state index contributed by atoms with van der Waals surface area (Å²) < 4.78 is 0. The number of hydrogen-bond acceptors (Lipinski definition) is 5. The molecule has 1 aromatic heterocycles. The number of likely N-dealkylation sites (N-methyl/N-ethyl adjacent to an activating group) is 1. The zero-order valence-electron chi connectivity index (χ0n) is 8.57. The Morgan fingerprint density at radius 2 is 2.29 bits per heavy atom. The number of aromatic nitrogens is 2. The van der Waals surface area contributed by atoms with Crippen molar-refractivity contribution in [1.29, 1.82) is 0 Å². The Balaban J connectivity index is 2.37. The van der Waals surface area contributed by atoms with E-state index in [1.807, 2.05) is 13.8 Å². The van der Waals surface area contributed by atoms with Crippen LogP contribution in [0.1, 0.15) is 11.9 Å². The highest BCUT2D eigenvalue weighted by Gasteiger charge is 2.07. The van der Waals surface area contributed by atoms with Crippen LogP contribution in [0.5, 0.6) is 0 Å². The highest BCUT2D eigenvalue weighted by Crippen LogP contribution is 2.12. The summed E-state index contributed by atoms with van der Waals surface area (Å²) in [6.45, 7) is 4.81. The molecule has 0 aliphatic heterocycles. The van der Waals surface area contributed by atoms with Gasteiger partial charge in [0, 0.05) is 13.6 Å². The van der Waals surface area contributed by atoms with Crippen molar-refractivity contribution in [3.05, 3.63) is 5.01 Å². The van der Waals surface area contributed by atoms with Crippen molar-refractivity contribution >= 4 is 22.4 Å². The molecular formula is C8H14N4OS. The molecule has 6 heteroatoms. The van der Waals surface area contributed by atoms with Crippen LogP contribution in [0.4, 0.5) is 5.13 Å². The molecule has 0 spiro atoms. The van der Waals surface area contributed by atoms with E-state index in [4.69, 9.17) is 0 Å². The molecule has 0 fully saturated rings. The second-order valence-corrected chi connectivity index (χ2v) is 4.07. The predicted molar refractivity (Wildman–Crippen MR) is 56.4 cm³/mol. The highest BCUT2D eigenvalue weighted by molar-refractivity contribution is 7.15. The molecular weight excluding hydrogens is 200 g/mol. The number of carbonyl (C=O) groups excluding carboxylic acids is 1. The number of hydrogen-bond donors (Lipinski definition) is 1. The van der Waals surface area contributed by atoms with Crippen LogP contribution in [0, 0.1) is 6.92 Å². The SMILES string of the molecule is CCN(C)C(=O)CNc1nnc(C)s1. The van der Waals surface area contributed by atoms with Crippen LogP contribution < -0.4 is 5.32 Å². The van der Waals surface area contributed by atoms with Crippen LogP contribution >= 0.6 is 11.3 Å². The average Bonchev–Trinajstić information content (AvgIpc) is 2.59. The van der Waals surface area contributed by atoms with Gasteiger partial charge in [0.2, 0.25) is 11.0 Å². The number of aryl methyl sites for hydroxylation is 1. The second-order valence-electron chi connectivity index (χ2n) is 2.89. The zero-order valence-corrected chi connectivity index (χ0v) is 9.39. The van der Waals surface area contributed by atoms with Crippen LogP contribution in [0.2, 0.25) is 0 Å². The molecule has 1 rings (SSSR count). The number of anilines is 1. The second kappa shape index (κ2) is 4.90. The van der Waals surface area contributed by atoms with Gasteiger partial charge >= 0.3 is 0 Å². The summed E-state index contributed by atoms with van der Waals surface area (Å²) >= 11 is 1.44. The van der Waals surface area contributed by atoms with Crippen LogP contribution in [-0.2, 0) is 4.79 Å². The van der Waals surface area contributed by atoms with Gasteiger partial charge in [0.25, 0.3) is 0 Å². The van der Waals surface area contributed by atoms with Gasteiger partial charge in [-0.25, -0.2) is 0 Å². The summed E-state index contributed by atoms with van der Waals surface area (Å²) in [7, 11) is 1.77. The fourth-order valence-electron chi connectivity index (χ4n) is 0.831. The van der Waals surface area contributed by atoms with Gasteiger partial charge in [-0.2, -0.15) is 0 Å². The van der Waals surface area contributed by atoms with E-state index in [1.165, 1.54) is 11.3 Å². The fraction of sp³-hybridized carbons (Fsp3) is 0.625. The Kier molecular flexibility index (Phi) is 3.82. The largest absolute Gasteiger partial charge is 0.351 e. The summed E-state index contributed by atoms with van der Waals surface area (Å²) in [5, 5.41) is 12.2. The molecule has 0 aliphatic carbocycles. The highest BCUT2D eigenvalue weighted by atomic mass is 32.1. The van der Waals surface area contributed by atoms with Gasteiger partial charge in [0.1, 0.15) is 5.01 Å². The van der Waals surface area contributed by atoms with Gasteiger partial charge in [-0.3, -0.25) is 4.79 Å². The average molecular weight is 214 g/mol. The summed E-state index contributed by atoms with van der Waals surface area (Å²) in [5.41, 5.74) is 0. The van der Waals surface area contributed by atoms with Crippen molar-refractivity contribution in [1.82, 2.24) is 15.1 Å². The molecule has 0 aromatic carbocycles. The van der Waals surface area contributed by atoms with Crippen LogP contribution in [-0.4, -0.2) is 41.1 Å². The smallest absolute Gasteiger partial charge is 0.241 e. The first-order valence-electron chi connectivity index (χ1n) is 4.41. The molecule has 0 saturated carbocycles. The lowest BCUT2D eigenvalue weighted by Gasteiger charge is -2.13. The minimum atomic E-state index is 0.0559.